The molecule has 1 atom stereocenters. The molecule has 0 N–H and O–H groups in total. The summed E-state index contributed by atoms with van der Waals surface area (Å²) in [5.74, 6) is -0.530. The maximum absolute atomic E-state index is 12.8. The van der Waals surface area contributed by atoms with Gasteiger partial charge in [0.05, 0.1) is 19.8 Å². The number of amides is 1. The molecule has 0 bridgehead atoms. The molecule has 30 heavy (non-hydrogen) atoms. The second kappa shape index (κ2) is 10.2. The van der Waals surface area contributed by atoms with Crippen LogP contribution in [0.25, 0.3) is 0 Å². The smallest absolute Gasteiger partial charge is 0.410 e. The molecule has 0 aromatic heterocycles. The average molecular weight is 458 g/mol. The standard InChI is InChI=1S/C22H36ClNO5Si/c1-21(2,3)28-20(26)24(15-19(25)27-7)14-18(16-11-10-12-17(23)13-16)29-30(8,9)22(4,5)6/h10-13,18H,14-15H2,1-9H3. The molecule has 0 saturated heterocycles. The van der Waals surface area contributed by atoms with Crippen LogP contribution in [0.5, 0.6) is 0 Å². The summed E-state index contributed by atoms with van der Waals surface area (Å²) >= 11 is 6.22. The van der Waals surface area contributed by atoms with Crippen molar-refractivity contribution >= 4 is 32.0 Å². The van der Waals surface area contributed by atoms with E-state index in [4.69, 9.17) is 25.5 Å². The molecule has 0 spiro atoms. The Morgan fingerprint density at radius 3 is 2.20 bits per heavy atom. The fraction of sp³-hybridized carbons (Fsp3) is 0.636. The third-order valence-electron chi connectivity index (χ3n) is 5.05. The van der Waals surface area contributed by atoms with Crippen LogP contribution in [0.1, 0.15) is 53.2 Å². The third kappa shape index (κ3) is 8.28. The molecule has 1 unspecified atom stereocenters. The molecular weight excluding hydrogens is 422 g/mol. The van der Waals surface area contributed by atoms with Gasteiger partial charge in [-0.05, 0) is 56.6 Å². The predicted molar refractivity (Wildman–Crippen MR) is 122 cm³/mol. The number of carbonyl (C=O) groups excluding carboxylic acids is 2. The molecule has 0 aliphatic rings. The van der Waals surface area contributed by atoms with Gasteiger partial charge in [0, 0.05) is 5.02 Å². The highest BCUT2D eigenvalue weighted by Gasteiger charge is 2.40. The van der Waals surface area contributed by atoms with E-state index in [1.807, 2.05) is 18.2 Å². The summed E-state index contributed by atoms with van der Waals surface area (Å²) in [7, 11) is -0.915. The van der Waals surface area contributed by atoms with E-state index in [-0.39, 0.29) is 18.1 Å². The molecular formula is C22H36ClNO5Si. The lowest BCUT2D eigenvalue weighted by Gasteiger charge is -2.40. The summed E-state index contributed by atoms with van der Waals surface area (Å²) in [5.41, 5.74) is 0.142. The van der Waals surface area contributed by atoms with Crippen LogP contribution in [-0.4, -0.2) is 51.1 Å². The van der Waals surface area contributed by atoms with Gasteiger partial charge >= 0.3 is 12.1 Å². The van der Waals surface area contributed by atoms with Crippen LogP contribution in [0.15, 0.2) is 24.3 Å². The molecule has 0 fully saturated rings. The zero-order valence-electron chi connectivity index (χ0n) is 19.7. The minimum absolute atomic E-state index is 0.0388. The number of nitrogens with zero attached hydrogens (tertiary/aromatic N) is 1. The molecule has 1 rings (SSSR count). The molecule has 1 aromatic rings. The number of benzene rings is 1. The number of esters is 1. The van der Waals surface area contributed by atoms with E-state index in [1.54, 1.807) is 26.8 Å². The Morgan fingerprint density at radius 1 is 1.13 bits per heavy atom. The van der Waals surface area contributed by atoms with Crippen molar-refractivity contribution in [1.82, 2.24) is 4.90 Å². The van der Waals surface area contributed by atoms with Gasteiger partial charge in [0.25, 0.3) is 0 Å². The lowest BCUT2D eigenvalue weighted by Crippen LogP contribution is -2.47. The Labute approximate surface area is 187 Å². The fourth-order valence-corrected chi connectivity index (χ4v) is 3.87. The van der Waals surface area contributed by atoms with Crippen molar-refractivity contribution in [3.05, 3.63) is 34.9 Å². The summed E-state index contributed by atoms with van der Waals surface area (Å²) in [6.45, 7) is 16.0. The van der Waals surface area contributed by atoms with Crippen molar-refractivity contribution in [2.24, 2.45) is 0 Å². The predicted octanol–water partition coefficient (Wildman–Crippen LogP) is 5.81. The Hall–Kier alpha value is -1.57. The first-order valence-electron chi connectivity index (χ1n) is 10.0. The second-order valence-electron chi connectivity index (χ2n) is 9.86. The molecule has 0 heterocycles. The fourth-order valence-electron chi connectivity index (χ4n) is 2.40. The molecule has 0 aliphatic heterocycles. The molecule has 6 nitrogen and oxygen atoms in total. The van der Waals surface area contributed by atoms with Crippen LogP contribution < -0.4 is 0 Å². The van der Waals surface area contributed by atoms with Crippen molar-refractivity contribution < 1.29 is 23.5 Å². The first-order valence-corrected chi connectivity index (χ1v) is 13.3. The van der Waals surface area contributed by atoms with E-state index in [2.05, 4.69) is 33.9 Å². The molecule has 8 heteroatoms. The van der Waals surface area contributed by atoms with Crippen LogP contribution in [-0.2, 0) is 18.7 Å². The number of ether oxygens (including phenoxy) is 2. The van der Waals surface area contributed by atoms with Crippen molar-refractivity contribution in [3.63, 3.8) is 0 Å². The normalized spacial score (nSPS) is 13.5. The third-order valence-corrected chi connectivity index (χ3v) is 9.77. The highest BCUT2D eigenvalue weighted by Crippen LogP contribution is 2.40. The summed E-state index contributed by atoms with van der Waals surface area (Å²) in [5, 5.41) is 0.538. The van der Waals surface area contributed by atoms with E-state index < -0.39 is 32.1 Å². The summed E-state index contributed by atoms with van der Waals surface area (Å²) in [6.07, 6.45) is -1.07. The van der Waals surface area contributed by atoms with Crippen LogP contribution in [0.2, 0.25) is 23.2 Å². The maximum Gasteiger partial charge on any atom is 0.410 e. The number of halogens is 1. The van der Waals surface area contributed by atoms with Gasteiger partial charge in [0.1, 0.15) is 12.1 Å². The van der Waals surface area contributed by atoms with Gasteiger partial charge in [0.15, 0.2) is 8.32 Å². The number of hydrogen-bond donors (Lipinski definition) is 0. The minimum Gasteiger partial charge on any atom is -0.468 e. The Balaban J connectivity index is 3.30. The van der Waals surface area contributed by atoms with Gasteiger partial charge in [-0.3, -0.25) is 9.69 Å². The van der Waals surface area contributed by atoms with Gasteiger partial charge < -0.3 is 13.9 Å². The second-order valence-corrected chi connectivity index (χ2v) is 15.1. The monoisotopic (exact) mass is 457 g/mol. The van der Waals surface area contributed by atoms with E-state index in [9.17, 15) is 9.59 Å². The van der Waals surface area contributed by atoms with Gasteiger partial charge in [0.2, 0.25) is 0 Å². The van der Waals surface area contributed by atoms with Gasteiger partial charge in [-0.15, -0.1) is 0 Å². The van der Waals surface area contributed by atoms with Gasteiger partial charge in [-0.25, -0.2) is 4.79 Å². The van der Waals surface area contributed by atoms with Gasteiger partial charge in [-0.2, -0.15) is 0 Å². The topological polar surface area (TPSA) is 65.1 Å². The van der Waals surface area contributed by atoms with Crippen molar-refractivity contribution in [2.75, 3.05) is 20.2 Å². The van der Waals surface area contributed by atoms with Crippen LogP contribution in [0, 0.1) is 0 Å². The van der Waals surface area contributed by atoms with E-state index >= 15 is 0 Å². The zero-order chi connectivity index (χ0) is 23.3. The van der Waals surface area contributed by atoms with Crippen LogP contribution >= 0.6 is 11.6 Å². The lowest BCUT2D eigenvalue weighted by molar-refractivity contribution is -0.142. The van der Waals surface area contributed by atoms with Gasteiger partial charge in [-0.1, -0.05) is 44.5 Å². The summed E-state index contributed by atoms with van der Waals surface area (Å²) in [4.78, 5) is 26.1. The van der Waals surface area contributed by atoms with Crippen LogP contribution in [0.3, 0.4) is 0 Å². The van der Waals surface area contributed by atoms with Crippen molar-refractivity contribution in [1.29, 1.82) is 0 Å². The van der Waals surface area contributed by atoms with E-state index in [0.717, 1.165) is 5.56 Å². The molecule has 1 amide bonds. The maximum atomic E-state index is 12.8. The lowest BCUT2D eigenvalue weighted by atomic mass is 10.1. The molecule has 0 saturated carbocycles. The largest absolute Gasteiger partial charge is 0.468 e. The van der Waals surface area contributed by atoms with Crippen molar-refractivity contribution in [3.8, 4) is 0 Å². The number of carbonyl (C=O) groups is 2. The van der Waals surface area contributed by atoms with E-state index in [0.29, 0.717) is 5.02 Å². The molecule has 1 aromatic carbocycles. The zero-order valence-corrected chi connectivity index (χ0v) is 21.4. The first kappa shape index (κ1) is 26.5. The highest BCUT2D eigenvalue weighted by atomic mass is 35.5. The average Bonchev–Trinajstić information content (AvgIpc) is 2.57. The Morgan fingerprint density at radius 2 is 1.73 bits per heavy atom. The highest BCUT2D eigenvalue weighted by molar-refractivity contribution is 6.74. The quantitative estimate of drug-likeness (QED) is 0.381. The Bertz CT molecular complexity index is 740. The molecule has 170 valence electrons. The molecule has 0 aliphatic carbocycles. The Kier molecular flexibility index (Phi) is 8.96. The van der Waals surface area contributed by atoms with E-state index in [1.165, 1.54) is 12.0 Å². The number of methoxy groups -OCH3 is 1. The van der Waals surface area contributed by atoms with Crippen LogP contribution in [0.4, 0.5) is 4.79 Å². The first-order chi connectivity index (χ1) is 13.6. The summed E-state index contributed by atoms with van der Waals surface area (Å²) < 4.78 is 16.9. The SMILES string of the molecule is COC(=O)CN(CC(O[Si](C)(C)C(C)(C)C)c1cccc(Cl)c1)C(=O)OC(C)(C)C. The number of hydrogen-bond acceptors (Lipinski definition) is 5. The number of rotatable bonds is 7. The summed E-state index contributed by atoms with van der Waals surface area (Å²) in [6, 6.07) is 7.37. The minimum atomic E-state index is -2.20. The molecule has 0 radical (unpaired) electrons. The van der Waals surface area contributed by atoms with Crippen molar-refractivity contribution in [2.45, 2.75) is 71.4 Å².